The third kappa shape index (κ3) is 4.27. The highest BCUT2D eigenvalue weighted by atomic mass is 79.9. The van der Waals surface area contributed by atoms with Crippen LogP contribution >= 0.6 is 15.9 Å². The van der Waals surface area contributed by atoms with Crippen molar-refractivity contribution in [1.29, 1.82) is 0 Å². The van der Waals surface area contributed by atoms with E-state index in [4.69, 9.17) is 9.15 Å². The number of aromatic nitrogens is 2. The number of rotatable bonds is 6. The summed E-state index contributed by atoms with van der Waals surface area (Å²) in [5.74, 6) is 0.593. The number of hydrogen-bond acceptors (Lipinski definition) is 5. The van der Waals surface area contributed by atoms with Crippen LogP contribution in [0.2, 0.25) is 0 Å². The van der Waals surface area contributed by atoms with Crippen molar-refractivity contribution in [3.63, 3.8) is 0 Å². The number of hydrogen-bond donors (Lipinski definition) is 0. The van der Waals surface area contributed by atoms with Crippen molar-refractivity contribution >= 4 is 33.1 Å². The van der Waals surface area contributed by atoms with E-state index >= 15 is 0 Å². The summed E-state index contributed by atoms with van der Waals surface area (Å²) in [5, 5.41) is 0.655. The largest absolute Gasteiger partial charge is 0.488 e. The molecule has 5 nitrogen and oxygen atoms in total. The Hall–Kier alpha value is -3.84. The lowest BCUT2D eigenvalue weighted by molar-refractivity contribution is 0.110. The van der Waals surface area contributed by atoms with Crippen molar-refractivity contribution < 1.29 is 18.3 Å². The standard InChI is InChI=1S/C26H16BrFN2O3/c27-21-10-17(6-8-25(21)32-14-16-4-2-1-3-5-16)26-20-11-19(24-9-7-18(13-31)33-24)22(28)12-23(20)29-15-30-26/h1-13,15H,14H2. The van der Waals surface area contributed by atoms with E-state index in [0.717, 1.165) is 15.6 Å². The normalized spacial score (nSPS) is 11.0. The number of benzene rings is 3. The Balaban J connectivity index is 1.52. The highest BCUT2D eigenvalue weighted by Crippen LogP contribution is 2.35. The summed E-state index contributed by atoms with van der Waals surface area (Å²) in [7, 11) is 0. The van der Waals surface area contributed by atoms with Gasteiger partial charge < -0.3 is 9.15 Å². The summed E-state index contributed by atoms with van der Waals surface area (Å²) in [6.07, 6.45) is 1.98. The van der Waals surface area contributed by atoms with Gasteiger partial charge >= 0.3 is 0 Å². The third-order valence-electron chi connectivity index (χ3n) is 5.18. The average Bonchev–Trinajstić information content (AvgIpc) is 3.32. The molecule has 162 valence electrons. The van der Waals surface area contributed by atoms with E-state index in [-0.39, 0.29) is 17.1 Å². The van der Waals surface area contributed by atoms with Gasteiger partial charge in [0.15, 0.2) is 12.0 Å². The van der Waals surface area contributed by atoms with E-state index in [2.05, 4.69) is 25.9 Å². The van der Waals surface area contributed by atoms with Crippen LogP contribution in [0.5, 0.6) is 5.75 Å². The lowest BCUT2D eigenvalue weighted by atomic mass is 10.0. The zero-order valence-corrected chi connectivity index (χ0v) is 18.8. The van der Waals surface area contributed by atoms with Gasteiger partial charge in [-0.15, -0.1) is 0 Å². The van der Waals surface area contributed by atoms with E-state index in [1.807, 2.05) is 48.5 Å². The fourth-order valence-corrected chi connectivity index (χ4v) is 4.05. The number of ether oxygens (including phenoxy) is 1. The molecule has 0 spiro atoms. The Morgan fingerprint density at radius 1 is 1.00 bits per heavy atom. The van der Waals surface area contributed by atoms with Crippen molar-refractivity contribution in [3.05, 3.63) is 101 Å². The second-order valence-electron chi connectivity index (χ2n) is 7.31. The van der Waals surface area contributed by atoms with E-state index < -0.39 is 5.82 Å². The predicted octanol–water partition coefficient (Wildman–Crippen LogP) is 6.85. The van der Waals surface area contributed by atoms with Crippen molar-refractivity contribution in [2.75, 3.05) is 0 Å². The van der Waals surface area contributed by atoms with Crippen LogP contribution in [0.1, 0.15) is 16.1 Å². The van der Waals surface area contributed by atoms with Crippen LogP contribution in [0.15, 0.2) is 88.0 Å². The molecular weight excluding hydrogens is 487 g/mol. The molecule has 33 heavy (non-hydrogen) atoms. The molecule has 0 unspecified atom stereocenters. The Bertz CT molecular complexity index is 1470. The molecule has 0 N–H and O–H groups in total. The second-order valence-corrected chi connectivity index (χ2v) is 8.17. The minimum atomic E-state index is -0.496. The minimum Gasteiger partial charge on any atom is -0.488 e. The van der Waals surface area contributed by atoms with Gasteiger partial charge in [0.1, 0.15) is 30.3 Å². The highest BCUT2D eigenvalue weighted by Gasteiger charge is 2.16. The van der Waals surface area contributed by atoms with Gasteiger partial charge in [-0.2, -0.15) is 0 Å². The van der Waals surface area contributed by atoms with Crippen LogP contribution in [-0.2, 0) is 6.61 Å². The van der Waals surface area contributed by atoms with Crippen LogP contribution < -0.4 is 4.74 Å². The number of carbonyl (C=O) groups excluding carboxylic acids is 1. The van der Waals surface area contributed by atoms with Gasteiger partial charge in [-0.3, -0.25) is 4.79 Å². The number of nitrogens with zero attached hydrogens (tertiary/aromatic N) is 2. The maximum absolute atomic E-state index is 14.8. The van der Waals surface area contributed by atoms with Crippen LogP contribution in [0.3, 0.4) is 0 Å². The molecule has 2 heterocycles. The van der Waals surface area contributed by atoms with Crippen molar-refractivity contribution in [2.45, 2.75) is 6.61 Å². The number of fused-ring (bicyclic) bond motifs is 1. The first-order chi connectivity index (χ1) is 16.1. The van der Waals surface area contributed by atoms with E-state index in [0.29, 0.717) is 35.2 Å². The molecule has 0 aliphatic heterocycles. The van der Waals surface area contributed by atoms with Gasteiger partial charge in [-0.1, -0.05) is 30.3 Å². The van der Waals surface area contributed by atoms with E-state index in [1.165, 1.54) is 18.5 Å². The number of furan rings is 1. The quantitative estimate of drug-likeness (QED) is 0.237. The average molecular weight is 503 g/mol. The molecule has 0 saturated carbocycles. The molecule has 0 radical (unpaired) electrons. The first kappa shape index (κ1) is 21.0. The molecule has 7 heteroatoms. The smallest absolute Gasteiger partial charge is 0.185 e. The van der Waals surface area contributed by atoms with Gasteiger partial charge in [0.05, 0.1) is 21.2 Å². The Labute approximate surface area is 197 Å². The summed E-state index contributed by atoms with van der Waals surface area (Å²) in [6, 6.07) is 21.6. The molecule has 0 fully saturated rings. The van der Waals surface area contributed by atoms with Gasteiger partial charge in [-0.05, 0) is 57.9 Å². The minimum absolute atomic E-state index is 0.129. The first-order valence-corrected chi connectivity index (χ1v) is 10.9. The fourth-order valence-electron chi connectivity index (χ4n) is 3.56. The van der Waals surface area contributed by atoms with E-state index in [1.54, 1.807) is 12.1 Å². The molecular formula is C26H16BrFN2O3. The van der Waals surface area contributed by atoms with Crippen LogP contribution in [0, 0.1) is 5.82 Å². The molecule has 0 atom stereocenters. The van der Waals surface area contributed by atoms with Crippen molar-refractivity contribution in [3.8, 4) is 28.3 Å². The van der Waals surface area contributed by atoms with Gasteiger partial charge in [-0.25, -0.2) is 14.4 Å². The monoisotopic (exact) mass is 502 g/mol. The van der Waals surface area contributed by atoms with Crippen molar-refractivity contribution in [1.82, 2.24) is 9.97 Å². The van der Waals surface area contributed by atoms with Crippen LogP contribution in [0.4, 0.5) is 4.39 Å². The zero-order valence-electron chi connectivity index (χ0n) is 17.2. The zero-order chi connectivity index (χ0) is 22.8. The maximum atomic E-state index is 14.8. The lowest BCUT2D eigenvalue weighted by Crippen LogP contribution is -1.96. The number of carbonyl (C=O) groups is 1. The predicted molar refractivity (Wildman–Crippen MR) is 126 cm³/mol. The molecule has 0 aliphatic carbocycles. The molecule has 0 saturated heterocycles. The third-order valence-corrected chi connectivity index (χ3v) is 5.79. The Morgan fingerprint density at radius 3 is 2.61 bits per heavy atom. The molecule has 0 amide bonds. The summed E-state index contributed by atoms with van der Waals surface area (Å²) in [6.45, 7) is 0.448. The fraction of sp³-hybridized carbons (Fsp3) is 0.0385. The second kappa shape index (κ2) is 8.96. The highest BCUT2D eigenvalue weighted by molar-refractivity contribution is 9.10. The maximum Gasteiger partial charge on any atom is 0.185 e. The molecule has 0 bridgehead atoms. The number of halogens is 2. The molecule has 2 aromatic heterocycles. The van der Waals surface area contributed by atoms with Gasteiger partial charge in [0, 0.05) is 17.0 Å². The molecule has 0 aliphatic rings. The Morgan fingerprint density at radius 2 is 1.85 bits per heavy atom. The molecule has 5 rings (SSSR count). The number of aldehydes is 1. The summed E-state index contributed by atoms with van der Waals surface area (Å²) < 4.78 is 26.9. The summed E-state index contributed by atoms with van der Waals surface area (Å²) in [4.78, 5) is 19.6. The van der Waals surface area contributed by atoms with E-state index in [9.17, 15) is 9.18 Å². The topological polar surface area (TPSA) is 65.2 Å². The Kier molecular flexibility index (Phi) is 5.71. The van der Waals surface area contributed by atoms with Gasteiger partial charge in [0.25, 0.3) is 0 Å². The first-order valence-electron chi connectivity index (χ1n) is 10.1. The summed E-state index contributed by atoms with van der Waals surface area (Å²) >= 11 is 3.58. The van der Waals surface area contributed by atoms with Gasteiger partial charge in [0.2, 0.25) is 0 Å². The SMILES string of the molecule is O=Cc1ccc(-c2cc3c(-c4ccc(OCc5ccccc5)c(Br)c4)ncnc3cc2F)o1. The van der Waals surface area contributed by atoms with Crippen molar-refractivity contribution in [2.24, 2.45) is 0 Å². The van der Waals surface area contributed by atoms with Crippen LogP contribution in [-0.4, -0.2) is 16.3 Å². The van der Waals surface area contributed by atoms with Crippen LogP contribution in [0.25, 0.3) is 33.5 Å². The lowest BCUT2D eigenvalue weighted by Gasteiger charge is -2.11. The molecule has 3 aromatic carbocycles. The summed E-state index contributed by atoms with van der Waals surface area (Å²) in [5.41, 5.74) is 3.21. The molecule has 5 aromatic rings.